The molecule has 0 aromatic rings. The van der Waals surface area contributed by atoms with Crippen LogP contribution >= 0.6 is 0 Å². The van der Waals surface area contributed by atoms with Crippen molar-refractivity contribution in [2.45, 2.75) is 56.0 Å². The molecule has 1 saturated carbocycles. The number of rotatable bonds is 2. The Morgan fingerprint density at radius 1 is 1.32 bits per heavy atom. The lowest BCUT2D eigenvalue weighted by atomic mass is 9.80. The van der Waals surface area contributed by atoms with Gasteiger partial charge in [-0.05, 0) is 12.8 Å². The summed E-state index contributed by atoms with van der Waals surface area (Å²) in [7, 11) is 0. The van der Waals surface area contributed by atoms with Gasteiger partial charge in [0.1, 0.15) is 30.5 Å². The number of halogens is 1. The Morgan fingerprint density at radius 2 is 2.00 bits per heavy atom. The number of ketones is 1. The van der Waals surface area contributed by atoms with Crippen LogP contribution < -0.4 is 5.32 Å². The standard InChI is InChI=1S/C14H19FN2O5/c15-8-6-17(10-9(18)7-22-11(8)10)12(19)14(16-13(20)21)4-2-1-3-5-14/h8,10-11,16H,1-7H2,(H,20,21). The third kappa shape index (κ3) is 2.35. The second-order valence-corrected chi connectivity index (χ2v) is 6.23. The van der Waals surface area contributed by atoms with Crippen LogP contribution in [0.4, 0.5) is 9.18 Å². The Labute approximate surface area is 126 Å². The van der Waals surface area contributed by atoms with Crippen molar-refractivity contribution in [3.05, 3.63) is 0 Å². The fourth-order valence-corrected chi connectivity index (χ4v) is 3.83. The van der Waals surface area contributed by atoms with E-state index in [1.54, 1.807) is 0 Å². The maximum Gasteiger partial charge on any atom is 0.405 e. The molecule has 0 bridgehead atoms. The molecule has 22 heavy (non-hydrogen) atoms. The maximum atomic E-state index is 14.0. The van der Waals surface area contributed by atoms with Crippen molar-refractivity contribution < 1.29 is 28.6 Å². The van der Waals surface area contributed by atoms with Gasteiger partial charge in [0.2, 0.25) is 5.91 Å². The van der Waals surface area contributed by atoms with Gasteiger partial charge in [0.25, 0.3) is 0 Å². The van der Waals surface area contributed by atoms with E-state index >= 15 is 0 Å². The Bertz CT molecular complexity index is 505. The minimum Gasteiger partial charge on any atom is -0.465 e. The number of amides is 2. The molecule has 3 aliphatic rings. The summed E-state index contributed by atoms with van der Waals surface area (Å²) in [4.78, 5) is 37.1. The average molecular weight is 314 g/mol. The number of alkyl halides is 1. The first kappa shape index (κ1) is 15.2. The van der Waals surface area contributed by atoms with Gasteiger partial charge in [-0.3, -0.25) is 9.59 Å². The summed E-state index contributed by atoms with van der Waals surface area (Å²) < 4.78 is 19.1. The van der Waals surface area contributed by atoms with E-state index in [4.69, 9.17) is 9.84 Å². The molecule has 0 radical (unpaired) electrons. The van der Waals surface area contributed by atoms with Crippen LogP contribution in [0.1, 0.15) is 32.1 Å². The number of likely N-dealkylation sites (tertiary alicyclic amines) is 1. The van der Waals surface area contributed by atoms with Gasteiger partial charge < -0.3 is 20.1 Å². The van der Waals surface area contributed by atoms with Gasteiger partial charge in [0.05, 0.1) is 6.54 Å². The first-order valence-electron chi connectivity index (χ1n) is 7.55. The van der Waals surface area contributed by atoms with E-state index in [2.05, 4.69) is 5.32 Å². The van der Waals surface area contributed by atoms with Crippen LogP contribution in [0.5, 0.6) is 0 Å². The number of carbonyl (C=O) groups excluding carboxylic acids is 2. The molecular weight excluding hydrogens is 295 g/mol. The quantitative estimate of drug-likeness (QED) is 0.772. The van der Waals surface area contributed by atoms with Crippen LogP contribution in [-0.4, -0.2) is 64.8 Å². The summed E-state index contributed by atoms with van der Waals surface area (Å²) in [6.07, 6.45) is -0.495. The first-order chi connectivity index (χ1) is 10.4. The van der Waals surface area contributed by atoms with Crippen LogP contribution in [0.3, 0.4) is 0 Å². The lowest BCUT2D eigenvalue weighted by Crippen LogP contribution is -2.62. The van der Waals surface area contributed by atoms with Gasteiger partial charge in [-0.2, -0.15) is 0 Å². The summed E-state index contributed by atoms with van der Waals surface area (Å²) in [6, 6.07) is -0.920. The highest BCUT2D eigenvalue weighted by molar-refractivity contribution is 5.97. The molecule has 3 unspecified atom stereocenters. The van der Waals surface area contributed by atoms with E-state index in [9.17, 15) is 18.8 Å². The number of ether oxygens (including phenoxy) is 1. The molecule has 2 heterocycles. The molecule has 2 aliphatic heterocycles. The van der Waals surface area contributed by atoms with Gasteiger partial charge in [-0.25, -0.2) is 9.18 Å². The van der Waals surface area contributed by atoms with Crippen molar-refractivity contribution in [3.8, 4) is 0 Å². The van der Waals surface area contributed by atoms with Crippen LogP contribution in [0.25, 0.3) is 0 Å². The number of hydrogen-bond donors (Lipinski definition) is 2. The predicted molar refractivity (Wildman–Crippen MR) is 72.1 cm³/mol. The summed E-state index contributed by atoms with van der Waals surface area (Å²) in [5, 5.41) is 11.4. The second kappa shape index (κ2) is 5.49. The number of fused-ring (bicyclic) bond motifs is 1. The average Bonchev–Trinajstić information content (AvgIpc) is 3.01. The Morgan fingerprint density at radius 3 is 2.64 bits per heavy atom. The van der Waals surface area contributed by atoms with Gasteiger partial charge in [0.15, 0.2) is 5.78 Å². The van der Waals surface area contributed by atoms with Crippen LogP contribution in [0.15, 0.2) is 0 Å². The molecular formula is C14H19FN2O5. The van der Waals surface area contributed by atoms with Crippen LogP contribution in [0.2, 0.25) is 0 Å². The fraction of sp³-hybridized carbons (Fsp3) is 0.786. The Balaban J connectivity index is 1.87. The Kier molecular flexibility index (Phi) is 3.80. The second-order valence-electron chi connectivity index (χ2n) is 6.23. The maximum absolute atomic E-state index is 14.0. The third-order valence-electron chi connectivity index (χ3n) is 4.85. The van der Waals surface area contributed by atoms with E-state index in [-0.39, 0.29) is 18.9 Å². The highest BCUT2D eigenvalue weighted by atomic mass is 19.1. The van der Waals surface area contributed by atoms with Crippen LogP contribution in [-0.2, 0) is 14.3 Å². The normalized spacial score (nSPS) is 33.6. The van der Waals surface area contributed by atoms with Crippen molar-refractivity contribution in [3.63, 3.8) is 0 Å². The highest BCUT2D eigenvalue weighted by Gasteiger charge is 2.56. The molecule has 3 atom stereocenters. The molecule has 7 nitrogen and oxygen atoms in total. The van der Waals surface area contributed by atoms with E-state index in [0.29, 0.717) is 12.8 Å². The lowest BCUT2D eigenvalue weighted by Gasteiger charge is -2.39. The molecule has 2 N–H and O–H groups in total. The Hall–Kier alpha value is -1.70. The lowest BCUT2D eigenvalue weighted by molar-refractivity contribution is -0.143. The molecule has 2 saturated heterocycles. The smallest absolute Gasteiger partial charge is 0.405 e. The molecule has 0 spiro atoms. The van der Waals surface area contributed by atoms with Gasteiger partial charge in [-0.15, -0.1) is 0 Å². The zero-order valence-corrected chi connectivity index (χ0v) is 12.1. The van der Waals surface area contributed by atoms with Crippen molar-refractivity contribution >= 4 is 17.8 Å². The molecule has 3 rings (SSSR count). The molecule has 0 aromatic carbocycles. The molecule has 8 heteroatoms. The van der Waals surface area contributed by atoms with Crippen molar-refractivity contribution in [1.29, 1.82) is 0 Å². The molecule has 122 valence electrons. The summed E-state index contributed by atoms with van der Waals surface area (Å²) in [5.74, 6) is -0.816. The van der Waals surface area contributed by atoms with Crippen molar-refractivity contribution in [1.82, 2.24) is 10.2 Å². The number of carbonyl (C=O) groups is 3. The first-order valence-corrected chi connectivity index (χ1v) is 7.55. The number of Topliss-reactive ketones (excluding diaryl/α,β-unsaturated/α-hetero) is 1. The van der Waals surface area contributed by atoms with E-state index < -0.39 is 35.9 Å². The number of nitrogens with one attached hydrogen (secondary N) is 1. The van der Waals surface area contributed by atoms with Gasteiger partial charge >= 0.3 is 6.09 Å². The number of carboxylic acid groups (broad SMARTS) is 1. The summed E-state index contributed by atoms with van der Waals surface area (Å²) in [5.41, 5.74) is -1.25. The molecule has 2 amide bonds. The SMILES string of the molecule is O=C(O)NC1(C(=O)N2CC(F)C3OCC(=O)C32)CCCCC1. The number of nitrogens with zero attached hydrogens (tertiary/aromatic N) is 1. The van der Waals surface area contributed by atoms with Gasteiger partial charge in [0, 0.05) is 0 Å². The zero-order valence-electron chi connectivity index (χ0n) is 12.1. The third-order valence-corrected chi connectivity index (χ3v) is 4.85. The van der Waals surface area contributed by atoms with E-state index in [0.717, 1.165) is 19.3 Å². The van der Waals surface area contributed by atoms with Crippen molar-refractivity contribution in [2.24, 2.45) is 0 Å². The minimum absolute atomic E-state index is 0.196. The molecule has 3 fully saturated rings. The van der Waals surface area contributed by atoms with Crippen molar-refractivity contribution in [2.75, 3.05) is 13.2 Å². The van der Waals surface area contributed by atoms with Gasteiger partial charge in [-0.1, -0.05) is 19.3 Å². The number of hydrogen-bond acceptors (Lipinski definition) is 4. The zero-order chi connectivity index (χ0) is 15.9. The van der Waals surface area contributed by atoms with Crippen LogP contribution in [0, 0.1) is 0 Å². The van der Waals surface area contributed by atoms with E-state index in [1.165, 1.54) is 4.90 Å². The summed E-state index contributed by atoms with van der Waals surface area (Å²) in [6.45, 7) is -0.415. The largest absolute Gasteiger partial charge is 0.465 e. The predicted octanol–water partition coefficient (Wildman–Crippen LogP) is 0.474. The highest BCUT2D eigenvalue weighted by Crippen LogP contribution is 2.35. The van der Waals surface area contributed by atoms with E-state index in [1.807, 2.05) is 0 Å². The molecule has 0 aromatic heterocycles. The molecule has 1 aliphatic carbocycles. The topological polar surface area (TPSA) is 95.9 Å². The monoisotopic (exact) mass is 314 g/mol. The fourth-order valence-electron chi connectivity index (χ4n) is 3.83. The minimum atomic E-state index is -1.41. The summed E-state index contributed by atoms with van der Waals surface area (Å²) >= 11 is 0.